The molecular weight excluding hydrogens is 301 g/mol. The van der Waals surface area contributed by atoms with E-state index < -0.39 is 11.2 Å². The molecule has 4 nitrogen and oxygen atoms in total. The van der Waals surface area contributed by atoms with Crippen LogP contribution in [0.2, 0.25) is 5.02 Å². The molecule has 9 heteroatoms. The molecule has 0 aliphatic rings. The third-order valence-corrected chi connectivity index (χ3v) is 3.53. The van der Waals surface area contributed by atoms with Gasteiger partial charge >= 0.3 is 6.18 Å². The molecule has 19 heavy (non-hydrogen) atoms. The van der Waals surface area contributed by atoms with E-state index in [1.54, 1.807) is 24.3 Å². The van der Waals surface area contributed by atoms with Gasteiger partial charge in [0.2, 0.25) is 9.97 Å². The van der Waals surface area contributed by atoms with Crippen LogP contribution in [0.3, 0.4) is 0 Å². The third-order valence-electron chi connectivity index (χ3n) is 2.34. The zero-order valence-electron chi connectivity index (χ0n) is 9.02. The van der Waals surface area contributed by atoms with Crippen molar-refractivity contribution in [2.75, 3.05) is 0 Å². The molecule has 0 fully saturated rings. The van der Waals surface area contributed by atoms with Gasteiger partial charge in [0, 0.05) is 10.6 Å². The van der Waals surface area contributed by atoms with Crippen molar-refractivity contribution >= 4 is 27.9 Å². The summed E-state index contributed by atoms with van der Waals surface area (Å²) in [4.78, 5) is 0.0947. The Bertz CT molecular complexity index is 731. The molecule has 0 saturated heterocycles. The summed E-state index contributed by atoms with van der Waals surface area (Å²) < 4.78 is 38.8. The molecule has 1 aromatic carbocycles. The quantitative estimate of drug-likeness (QED) is 0.691. The van der Waals surface area contributed by atoms with Gasteiger partial charge in [0.15, 0.2) is 5.82 Å². The van der Waals surface area contributed by atoms with Gasteiger partial charge in [-0.3, -0.25) is 0 Å². The van der Waals surface area contributed by atoms with E-state index in [2.05, 4.69) is 15.3 Å². The van der Waals surface area contributed by atoms with Crippen LogP contribution in [-0.2, 0) is 6.18 Å². The van der Waals surface area contributed by atoms with E-state index in [0.717, 1.165) is 4.52 Å². The molecule has 98 valence electrons. The highest BCUT2D eigenvalue weighted by Crippen LogP contribution is 2.33. The van der Waals surface area contributed by atoms with Crippen LogP contribution in [0, 0.1) is 0 Å². The molecule has 0 radical (unpaired) electrons. The van der Waals surface area contributed by atoms with Crippen molar-refractivity contribution in [2.24, 2.45) is 0 Å². The number of hydrogen-bond donors (Lipinski definition) is 0. The number of fused-ring (bicyclic) bond motifs is 1. The van der Waals surface area contributed by atoms with Crippen molar-refractivity contribution in [3.05, 3.63) is 34.3 Å². The lowest BCUT2D eigenvalue weighted by atomic mass is 10.2. The summed E-state index contributed by atoms with van der Waals surface area (Å²) in [6.07, 6.45) is -4.48. The Balaban J connectivity index is 2.14. The Morgan fingerprint density at radius 1 is 1.11 bits per heavy atom. The number of nitrogens with zero attached hydrogens (tertiary/aromatic N) is 4. The van der Waals surface area contributed by atoms with Gasteiger partial charge in [-0.15, -0.1) is 15.3 Å². The Kier molecular flexibility index (Phi) is 2.72. The van der Waals surface area contributed by atoms with Crippen molar-refractivity contribution in [3.63, 3.8) is 0 Å². The molecule has 0 bridgehead atoms. The first-order chi connectivity index (χ1) is 8.95. The number of alkyl halides is 3. The Morgan fingerprint density at radius 2 is 1.79 bits per heavy atom. The van der Waals surface area contributed by atoms with Gasteiger partial charge in [-0.25, -0.2) is 0 Å². The molecule has 0 N–H and O–H groups in total. The second kappa shape index (κ2) is 4.17. The van der Waals surface area contributed by atoms with Crippen molar-refractivity contribution in [3.8, 4) is 11.4 Å². The molecule has 0 amide bonds. The summed E-state index contributed by atoms with van der Waals surface area (Å²) in [6, 6.07) is 6.53. The maximum atomic E-state index is 12.6. The lowest BCUT2D eigenvalue weighted by Gasteiger charge is -1.99. The molecule has 2 aromatic heterocycles. The minimum Gasteiger partial charge on any atom is -0.182 e. The van der Waals surface area contributed by atoms with E-state index in [4.69, 9.17) is 11.6 Å². The second-order valence-electron chi connectivity index (χ2n) is 3.63. The summed E-state index contributed by atoms with van der Waals surface area (Å²) in [5.74, 6) is 0.249. The van der Waals surface area contributed by atoms with Crippen LogP contribution in [0.4, 0.5) is 13.2 Å². The fraction of sp³-hybridized carbons (Fsp3) is 0.100. The van der Waals surface area contributed by atoms with Crippen LogP contribution in [0.1, 0.15) is 5.01 Å². The number of benzene rings is 1. The van der Waals surface area contributed by atoms with E-state index in [0.29, 0.717) is 21.9 Å². The van der Waals surface area contributed by atoms with E-state index >= 15 is 0 Å². The third kappa shape index (κ3) is 2.17. The largest absolute Gasteiger partial charge is 0.445 e. The lowest BCUT2D eigenvalue weighted by molar-refractivity contribution is -0.138. The van der Waals surface area contributed by atoms with Gasteiger partial charge in [-0.05, 0) is 24.3 Å². The highest BCUT2D eigenvalue weighted by atomic mass is 35.5. The van der Waals surface area contributed by atoms with Gasteiger partial charge in [0.05, 0.1) is 0 Å². The first-order valence-corrected chi connectivity index (χ1v) is 6.20. The molecule has 3 rings (SSSR count). The number of rotatable bonds is 1. The van der Waals surface area contributed by atoms with Gasteiger partial charge < -0.3 is 0 Å². The van der Waals surface area contributed by atoms with Crippen LogP contribution in [0.15, 0.2) is 24.3 Å². The molecular formula is C10H4ClF3N4S. The summed E-state index contributed by atoms with van der Waals surface area (Å²) in [6.45, 7) is 0. The Labute approximate surface area is 113 Å². The predicted octanol–water partition coefficient (Wildman–Crippen LogP) is 3.53. The molecule has 0 saturated carbocycles. The summed E-state index contributed by atoms with van der Waals surface area (Å²) in [5, 5.41) is 10.6. The molecule has 3 aromatic rings. The topological polar surface area (TPSA) is 43.1 Å². The summed E-state index contributed by atoms with van der Waals surface area (Å²) in [7, 11) is 0. The van der Waals surface area contributed by atoms with Gasteiger partial charge in [0.25, 0.3) is 0 Å². The first-order valence-electron chi connectivity index (χ1n) is 5.00. The van der Waals surface area contributed by atoms with Crippen LogP contribution in [0.5, 0.6) is 0 Å². The van der Waals surface area contributed by atoms with Gasteiger partial charge in [-0.1, -0.05) is 22.9 Å². The number of halogens is 4. The van der Waals surface area contributed by atoms with E-state index in [-0.39, 0.29) is 10.8 Å². The van der Waals surface area contributed by atoms with E-state index in [1.807, 2.05) is 0 Å². The molecule has 0 spiro atoms. The van der Waals surface area contributed by atoms with Crippen LogP contribution in [0.25, 0.3) is 16.3 Å². The highest BCUT2D eigenvalue weighted by Gasteiger charge is 2.36. The normalized spacial score (nSPS) is 12.2. The van der Waals surface area contributed by atoms with Crippen LogP contribution >= 0.6 is 22.9 Å². The van der Waals surface area contributed by atoms with E-state index in [9.17, 15) is 13.2 Å². The fourth-order valence-electron chi connectivity index (χ4n) is 1.51. The number of aromatic nitrogens is 4. The smallest absolute Gasteiger partial charge is 0.182 e. The summed E-state index contributed by atoms with van der Waals surface area (Å²) >= 11 is 6.20. The highest BCUT2D eigenvalue weighted by molar-refractivity contribution is 7.16. The van der Waals surface area contributed by atoms with Crippen molar-refractivity contribution in [1.82, 2.24) is 19.8 Å². The van der Waals surface area contributed by atoms with Gasteiger partial charge in [-0.2, -0.15) is 17.7 Å². The SMILES string of the molecule is FC(F)(F)c1nn2c(-c3ccc(Cl)cc3)nnc2s1. The van der Waals surface area contributed by atoms with Crippen molar-refractivity contribution < 1.29 is 13.2 Å². The fourth-order valence-corrected chi connectivity index (χ4v) is 2.34. The first kappa shape index (κ1) is 12.4. The molecule has 2 heterocycles. The Morgan fingerprint density at radius 3 is 2.42 bits per heavy atom. The lowest BCUT2D eigenvalue weighted by Crippen LogP contribution is -2.05. The maximum Gasteiger partial charge on any atom is 0.445 e. The predicted molar refractivity (Wildman–Crippen MR) is 64.1 cm³/mol. The van der Waals surface area contributed by atoms with Crippen LogP contribution < -0.4 is 0 Å². The standard InChI is InChI=1S/C10H4ClF3N4S/c11-6-3-1-5(2-4-6)7-15-16-9-18(7)17-8(19-9)10(12,13)14/h1-4H. The van der Waals surface area contributed by atoms with Crippen molar-refractivity contribution in [1.29, 1.82) is 0 Å². The van der Waals surface area contributed by atoms with Crippen molar-refractivity contribution in [2.45, 2.75) is 6.18 Å². The van der Waals surface area contributed by atoms with E-state index in [1.165, 1.54) is 0 Å². The van der Waals surface area contributed by atoms with Gasteiger partial charge in [0.1, 0.15) is 0 Å². The van der Waals surface area contributed by atoms with Crippen LogP contribution in [-0.4, -0.2) is 19.8 Å². The molecule has 0 atom stereocenters. The minimum absolute atomic E-state index is 0.0947. The zero-order valence-corrected chi connectivity index (χ0v) is 10.6. The number of hydrogen-bond acceptors (Lipinski definition) is 4. The second-order valence-corrected chi connectivity index (χ2v) is 5.02. The monoisotopic (exact) mass is 304 g/mol. The summed E-state index contributed by atoms with van der Waals surface area (Å²) in [5.41, 5.74) is 0.593. The molecule has 0 aliphatic heterocycles. The Hall–Kier alpha value is -1.67. The maximum absolute atomic E-state index is 12.6. The minimum atomic E-state index is -4.48. The average Bonchev–Trinajstić information content (AvgIpc) is 2.89. The molecule has 0 unspecified atom stereocenters. The zero-order chi connectivity index (χ0) is 13.6. The molecule has 0 aliphatic carbocycles. The average molecular weight is 305 g/mol.